The Morgan fingerprint density at radius 3 is 2.86 bits per heavy atom. The number of rotatable bonds is 0. The Kier molecular flexibility index (Phi) is 3.00. The van der Waals surface area contributed by atoms with Crippen molar-refractivity contribution in [3.63, 3.8) is 0 Å². The number of fused-ring (bicyclic) bond motifs is 5. The molecule has 21 heavy (non-hydrogen) atoms. The maximum absolute atomic E-state index is 11.9. The van der Waals surface area contributed by atoms with Gasteiger partial charge in [-0.15, -0.1) is 0 Å². The minimum atomic E-state index is -0.192. The highest BCUT2D eigenvalue weighted by Gasteiger charge is 2.47. The van der Waals surface area contributed by atoms with E-state index >= 15 is 0 Å². The number of halogens is 1. The molecule has 3 heteroatoms. The molecule has 4 rings (SSSR count). The quantitative estimate of drug-likeness (QED) is 0.795. The lowest BCUT2D eigenvalue weighted by molar-refractivity contribution is -0.118. The summed E-state index contributed by atoms with van der Waals surface area (Å²) in [5.41, 5.74) is 5.31. The SMILES string of the molecule is C[C@@]12CCc3c(cc(Cl)c4c3CC(=O)CC4)[C@H]1C[C@H](O)C2. The van der Waals surface area contributed by atoms with Crippen LogP contribution in [0, 0.1) is 5.41 Å². The molecule has 0 amide bonds. The number of carbonyl (C=O) groups excluding carboxylic acids is 1. The van der Waals surface area contributed by atoms with Gasteiger partial charge in [0.05, 0.1) is 6.10 Å². The maximum Gasteiger partial charge on any atom is 0.137 e. The number of hydrogen-bond acceptors (Lipinski definition) is 2. The van der Waals surface area contributed by atoms with E-state index in [2.05, 4.69) is 13.0 Å². The van der Waals surface area contributed by atoms with Crippen molar-refractivity contribution in [3.8, 4) is 0 Å². The van der Waals surface area contributed by atoms with Crippen LogP contribution < -0.4 is 0 Å². The number of carbonyl (C=O) groups is 1. The van der Waals surface area contributed by atoms with Gasteiger partial charge in [-0.05, 0) is 71.8 Å². The molecule has 1 aromatic carbocycles. The molecule has 0 aromatic heterocycles. The number of ketones is 1. The summed E-state index contributed by atoms with van der Waals surface area (Å²) in [6, 6.07) is 2.14. The van der Waals surface area contributed by atoms with E-state index in [9.17, 15) is 9.90 Å². The molecule has 0 heterocycles. The lowest BCUT2D eigenvalue weighted by Gasteiger charge is -2.39. The minimum absolute atomic E-state index is 0.192. The Bertz CT molecular complexity index is 637. The summed E-state index contributed by atoms with van der Waals surface area (Å²) in [5.74, 6) is 0.739. The normalized spacial score (nSPS) is 34.3. The Labute approximate surface area is 130 Å². The Morgan fingerprint density at radius 1 is 1.24 bits per heavy atom. The van der Waals surface area contributed by atoms with Crippen molar-refractivity contribution in [2.24, 2.45) is 5.41 Å². The van der Waals surface area contributed by atoms with E-state index in [1.807, 2.05) is 0 Å². The summed E-state index contributed by atoms with van der Waals surface area (Å²) in [6.07, 6.45) is 5.67. The molecule has 1 aromatic rings. The first-order valence-corrected chi connectivity index (χ1v) is 8.38. The highest BCUT2D eigenvalue weighted by Crippen LogP contribution is 2.57. The molecule has 3 aliphatic rings. The van der Waals surface area contributed by atoms with E-state index in [-0.39, 0.29) is 11.5 Å². The van der Waals surface area contributed by atoms with E-state index in [4.69, 9.17) is 11.6 Å². The molecule has 1 N–H and O–H groups in total. The molecule has 112 valence electrons. The van der Waals surface area contributed by atoms with Gasteiger partial charge in [0.2, 0.25) is 0 Å². The molecule has 0 saturated heterocycles. The number of aliphatic hydroxyl groups excluding tert-OH is 1. The number of Topliss-reactive ketones (excluding diaryl/α,β-unsaturated/α-hetero) is 1. The summed E-state index contributed by atoms with van der Waals surface area (Å²) in [6.45, 7) is 2.30. The van der Waals surface area contributed by atoms with Gasteiger partial charge >= 0.3 is 0 Å². The summed E-state index contributed by atoms with van der Waals surface area (Å²) >= 11 is 6.53. The summed E-state index contributed by atoms with van der Waals surface area (Å²) in [7, 11) is 0. The standard InChI is InChI=1S/C18H21ClO2/c1-18-5-4-12-14-6-10(20)2-3-13(14)17(19)8-15(12)16(18)7-11(21)9-18/h8,11,16,21H,2-7,9H2,1H3/t11-,16+,18-/m0/s1. The average Bonchev–Trinajstić information content (AvgIpc) is 2.73. The van der Waals surface area contributed by atoms with Crippen molar-refractivity contribution in [2.45, 2.75) is 63.9 Å². The molecule has 0 spiro atoms. The molecular weight excluding hydrogens is 284 g/mol. The molecular formula is C18H21ClO2. The molecule has 3 atom stereocenters. The van der Waals surface area contributed by atoms with E-state index < -0.39 is 0 Å². The highest BCUT2D eigenvalue weighted by atomic mass is 35.5. The first-order valence-electron chi connectivity index (χ1n) is 8.01. The van der Waals surface area contributed by atoms with Gasteiger partial charge < -0.3 is 5.11 Å². The van der Waals surface area contributed by atoms with Gasteiger partial charge in [0, 0.05) is 17.9 Å². The first kappa shape index (κ1) is 13.8. The van der Waals surface area contributed by atoms with Crippen molar-refractivity contribution >= 4 is 17.4 Å². The van der Waals surface area contributed by atoms with Crippen LogP contribution in [-0.4, -0.2) is 17.0 Å². The zero-order valence-corrected chi connectivity index (χ0v) is 13.2. The second-order valence-corrected chi connectivity index (χ2v) is 7.81. The van der Waals surface area contributed by atoms with E-state index in [1.54, 1.807) is 0 Å². The molecule has 3 aliphatic carbocycles. The molecule has 1 saturated carbocycles. The monoisotopic (exact) mass is 304 g/mol. The van der Waals surface area contributed by atoms with Crippen molar-refractivity contribution in [1.82, 2.24) is 0 Å². The fourth-order valence-electron chi connectivity index (χ4n) is 4.96. The third-order valence-corrected chi connectivity index (χ3v) is 6.39. The lowest BCUT2D eigenvalue weighted by atomic mass is 9.65. The van der Waals surface area contributed by atoms with Crippen LogP contribution in [0.2, 0.25) is 5.02 Å². The lowest BCUT2D eigenvalue weighted by Crippen LogP contribution is -2.29. The van der Waals surface area contributed by atoms with Crippen LogP contribution in [-0.2, 0) is 24.1 Å². The zero-order chi connectivity index (χ0) is 14.8. The minimum Gasteiger partial charge on any atom is -0.393 e. The van der Waals surface area contributed by atoms with Gasteiger partial charge in [0.15, 0.2) is 0 Å². The van der Waals surface area contributed by atoms with Gasteiger partial charge in [-0.2, -0.15) is 0 Å². The van der Waals surface area contributed by atoms with E-state index in [1.165, 1.54) is 22.3 Å². The van der Waals surface area contributed by atoms with Gasteiger partial charge in [-0.1, -0.05) is 18.5 Å². The van der Waals surface area contributed by atoms with Gasteiger partial charge in [0.1, 0.15) is 5.78 Å². The fraction of sp³-hybridized carbons (Fsp3) is 0.611. The van der Waals surface area contributed by atoms with Crippen LogP contribution in [0.25, 0.3) is 0 Å². The smallest absolute Gasteiger partial charge is 0.137 e. The third kappa shape index (κ3) is 1.99. The van der Waals surface area contributed by atoms with Crippen LogP contribution in [0.5, 0.6) is 0 Å². The predicted molar refractivity (Wildman–Crippen MR) is 82.9 cm³/mol. The number of benzene rings is 1. The zero-order valence-electron chi connectivity index (χ0n) is 12.4. The van der Waals surface area contributed by atoms with Crippen LogP contribution in [0.1, 0.15) is 60.8 Å². The van der Waals surface area contributed by atoms with Crippen LogP contribution in [0.3, 0.4) is 0 Å². The molecule has 2 nitrogen and oxygen atoms in total. The molecule has 0 unspecified atom stereocenters. The van der Waals surface area contributed by atoms with Crippen molar-refractivity contribution in [1.29, 1.82) is 0 Å². The van der Waals surface area contributed by atoms with Gasteiger partial charge in [-0.25, -0.2) is 0 Å². The number of aliphatic hydroxyl groups is 1. The van der Waals surface area contributed by atoms with E-state index in [0.29, 0.717) is 24.5 Å². The van der Waals surface area contributed by atoms with Crippen molar-refractivity contribution in [2.75, 3.05) is 0 Å². The second kappa shape index (κ2) is 4.57. The predicted octanol–water partition coefficient (Wildman–Crippen LogP) is 3.59. The molecule has 1 fully saturated rings. The van der Waals surface area contributed by atoms with Gasteiger partial charge in [0.25, 0.3) is 0 Å². The molecule has 0 radical (unpaired) electrons. The van der Waals surface area contributed by atoms with Crippen LogP contribution >= 0.6 is 11.6 Å². The second-order valence-electron chi connectivity index (χ2n) is 7.40. The van der Waals surface area contributed by atoms with E-state index in [0.717, 1.165) is 37.1 Å². The summed E-state index contributed by atoms with van der Waals surface area (Å²) in [4.78, 5) is 11.9. The summed E-state index contributed by atoms with van der Waals surface area (Å²) in [5, 5.41) is 10.9. The largest absolute Gasteiger partial charge is 0.393 e. The molecule has 0 aliphatic heterocycles. The fourth-order valence-corrected chi connectivity index (χ4v) is 5.29. The third-order valence-electron chi connectivity index (χ3n) is 6.05. The topological polar surface area (TPSA) is 37.3 Å². The number of hydrogen-bond donors (Lipinski definition) is 1. The Hall–Kier alpha value is -0.860. The average molecular weight is 305 g/mol. The first-order chi connectivity index (χ1) is 9.98. The highest BCUT2D eigenvalue weighted by molar-refractivity contribution is 6.31. The van der Waals surface area contributed by atoms with Crippen LogP contribution in [0.4, 0.5) is 0 Å². The Balaban J connectivity index is 1.88. The van der Waals surface area contributed by atoms with Crippen molar-refractivity contribution < 1.29 is 9.90 Å². The van der Waals surface area contributed by atoms with Gasteiger partial charge in [-0.3, -0.25) is 4.79 Å². The molecule has 0 bridgehead atoms. The van der Waals surface area contributed by atoms with Crippen LogP contribution in [0.15, 0.2) is 6.07 Å². The van der Waals surface area contributed by atoms with Crippen molar-refractivity contribution in [3.05, 3.63) is 33.3 Å². The maximum atomic E-state index is 11.9. The summed E-state index contributed by atoms with van der Waals surface area (Å²) < 4.78 is 0. The Morgan fingerprint density at radius 2 is 2.05 bits per heavy atom.